The van der Waals surface area contributed by atoms with Crippen molar-refractivity contribution in [2.45, 2.75) is 57.3 Å². The Hall–Kier alpha value is -2.93. The second-order valence-electron chi connectivity index (χ2n) is 8.49. The number of ether oxygens (including phenoxy) is 2. The van der Waals surface area contributed by atoms with Crippen LogP contribution in [-0.4, -0.2) is 6.10 Å². The molecule has 0 aliphatic carbocycles. The van der Waals surface area contributed by atoms with Crippen LogP contribution in [0.25, 0.3) is 11.1 Å². The standard InChI is InChI=1S/C27H25F5O2/c1-2-3-4-21-13-14-25(33-21)19-7-5-17(6-8-19)18-9-11-20(12-10-18)27(31,32)34-22-15-23(28)26(30)24(29)16-22/h5-12,15-16,21,25H,2-4,13-14H2,1H3. The minimum absolute atomic E-state index is 0.0789. The molecule has 2 nitrogen and oxygen atoms in total. The first kappa shape index (κ1) is 24.2. The van der Waals surface area contributed by atoms with E-state index in [4.69, 9.17) is 4.74 Å². The first-order valence-corrected chi connectivity index (χ1v) is 11.3. The molecule has 0 aromatic heterocycles. The SMILES string of the molecule is CCCCC1CCC(c2ccc(-c3ccc(C(F)(F)Oc4cc(F)c(F)c(F)c4)cc3)cc2)O1. The number of rotatable bonds is 8. The van der Waals surface area contributed by atoms with Gasteiger partial charge in [-0.15, -0.1) is 0 Å². The second kappa shape index (κ2) is 10.1. The van der Waals surface area contributed by atoms with E-state index in [1.165, 1.54) is 24.3 Å². The Morgan fingerprint density at radius 2 is 1.47 bits per heavy atom. The third-order valence-electron chi connectivity index (χ3n) is 6.03. The van der Waals surface area contributed by atoms with E-state index in [1.54, 1.807) is 0 Å². The summed E-state index contributed by atoms with van der Waals surface area (Å²) in [7, 11) is 0. The van der Waals surface area contributed by atoms with Crippen molar-refractivity contribution in [3.8, 4) is 16.9 Å². The van der Waals surface area contributed by atoms with Gasteiger partial charge in [0.2, 0.25) is 0 Å². The average molecular weight is 476 g/mol. The maximum Gasteiger partial charge on any atom is 0.426 e. The van der Waals surface area contributed by atoms with Gasteiger partial charge in [-0.3, -0.25) is 0 Å². The number of hydrogen-bond acceptors (Lipinski definition) is 2. The van der Waals surface area contributed by atoms with Crippen LogP contribution in [0, 0.1) is 17.5 Å². The van der Waals surface area contributed by atoms with Gasteiger partial charge >= 0.3 is 6.11 Å². The zero-order valence-electron chi connectivity index (χ0n) is 18.7. The van der Waals surface area contributed by atoms with Crippen molar-refractivity contribution in [2.75, 3.05) is 0 Å². The largest absolute Gasteiger partial charge is 0.429 e. The lowest BCUT2D eigenvalue weighted by atomic mass is 9.99. The quantitative estimate of drug-likeness (QED) is 0.240. The second-order valence-corrected chi connectivity index (χ2v) is 8.49. The number of halogens is 5. The molecule has 0 amide bonds. The van der Waals surface area contributed by atoms with Crippen molar-refractivity contribution in [1.82, 2.24) is 0 Å². The van der Waals surface area contributed by atoms with Crippen LogP contribution in [0.15, 0.2) is 60.7 Å². The Bertz CT molecular complexity index is 1090. The predicted octanol–water partition coefficient (Wildman–Crippen LogP) is 8.31. The molecule has 1 heterocycles. The highest BCUT2D eigenvalue weighted by molar-refractivity contribution is 5.64. The molecule has 1 aliphatic heterocycles. The van der Waals surface area contributed by atoms with Gasteiger partial charge in [-0.25, -0.2) is 13.2 Å². The van der Waals surface area contributed by atoms with Gasteiger partial charge in [-0.2, -0.15) is 8.78 Å². The molecule has 3 aromatic carbocycles. The molecule has 1 saturated heterocycles. The molecule has 1 fully saturated rings. The van der Waals surface area contributed by atoms with Gasteiger partial charge < -0.3 is 9.47 Å². The summed E-state index contributed by atoms with van der Waals surface area (Å²) in [5, 5.41) is 0. The smallest absolute Gasteiger partial charge is 0.426 e. The molecule has 0 N–H and O–H groups in total. The summed E-state index contributed by atoms with van der Waals surface area (Å²) < 4.78 is 79.3. The van der Waals surface area contributed by atoms with Gasteiger partial charge in [-0.1, -0.05) is 56.2 Å². The number of alkyl halides is 2. The van der Waals surface area contributed by atoms with Gasteiger partial charge in [0.05, 0.1) is 17.8 Å². The zero-order chi connectivity index (χ0) is 24.3. The highest BCUT2D eigenvalue weighted by Crippen LogP contribution is 2.36. The Morgan fingerprint density at radius 1 is 0.882 bits per heavy atom. The van der Waals surface area contributed by atoms with Crippen molar-refractivity contribution < 1.29 is 31.4 Å². The van der Waals surface area contributed by atoms with Crippen LogP contribution in [0.2, 0.25) is 0 Å². The summed E-state index contributed by atoms with van der Waals surface area (Å²) in [4.78, 5) is 0. The topological polar surface area (TPSA) is 18.5 Å². The molecule has 0 spiro atoms. The van der Waals surface area contributed by atoms with Crippen molar-refractivity contribution in [3.63, 3.8) is 0 Å². The summed E-state index contributed by atoms with van der Waals surface area (Å²) in [5.74, 6) is -5.78. The first-order valence-electron chi connectivity index (χ1n) is 11.3. The van der Waals surface area contributed by atoms with E-state index in [-0.39, 0.29) is 6.10 Å². The van der Waals surface area contributed by atoms with E-state index >= 15 is 0 Å². The molecule has 0 bridgehead atoms. The lowest BCUT2D eigenvalue weighted by Crippen LogP contribution is -2.22. The highest BCUT2D eigenvalue weighted by atomic mass is 19.3. The fourth-order valence-corrected chi connectivity index (χ4v) is 4.14. The molecule has 180 valence electrons. The minimum atomic E-state index is -3.87. The van der Waals surface area contributed by atoms with Gasteiger partial charge in [0.25, 0.3) is 0 Å². The predicted molar refractivity (Wildman–Crippen MR) is 119 cm³/mol. The van der Waals surface area contributed by atoms with Gasteiger partial charge in [0.1, 0.15) is 5.75 Å². The molecular weight excluding hydrogens is 451 g/mol. The van der Waals surface area contributed by atoms with Gasteiger partial charge in [0.15, 0.2) is 17.5 Å². The molecule has 1 aliphatic rings. The monoisotopic (exact) mass is 476 g/mol. The van der Waals surface area contributed by atoms with Crippen LogP contribution in [0.3, 0.4) is 0 Å². The van der Waals surface area contributed by atoms with E-state index in [0.29, 0.717) is 18.2 Å². The molecule has 7 heteroatoms. The van der Waals surface area contributed by atoms with Crippen molar-refractivity contribution in [2.24, 2.45) is 0 Å². The van der Waals surface area contributed by atoms with Crippen molar-refractivity contribution >= 4 is 0 Å². The maximum absolute atomic E-state index is 14.5. The molecule has 3 aromatic rings. The molecule has 0 radical (unpaired) electrons. The van der Waals surface area contributed by atoms with Crippen LogP contribution in [0.1, 0.15) is 56.3 Å². The molecule has 34 heavy (non-hydrogen) atoms. The minimum Gasteiger partial charge on any atom is -0.429 e. The van der Waals surface area contributed by atoms with Crippen LogP contribution in [0.4, 0.5) is 22.0 Å². The number of hydrogen-bond donors (Lipinski definition) is 0. The summed E-state index contributed by atoms with van der Waals surface area (Å²) >= 11 is 0. The molecule has 0 saturated carbocycles. The van der Waals surface area contributed by atoms with E-state index in [2.05, 4.69) is 11.7 Å². The first-order chi connectivity index (χ1) is 16.3. The van der Waals surface area contributed by atoms with Gasteiger partial charge in [-0.05, 0) is 48.1 Å². The van der Waals surface area contributed by atoms with Crippen LogP contribution in [-0.2, 0) is 10.8 Å². The fraction of sp³-hybridized carbons (Fsp3) is 0.333. The Morgan fingerprint density at radius 3 is 2.06 bits per heavy atom. The Labute approximate surface area is 195 Å². The van der Waals surface area contributed by atoms with Gasteiger partial charge in [0, 0.05) is 12.1 Å². The van der Waals surface area contributed by atoms with Crippen molar-refractivity contribution in [1.29, 1.82) is 0 Å². The number of benzene rings is 3. The van der Waals surface area contributed by atoms with Crippen LogP contribution < -0.4 is 4.74 Å². The summed E-state index contributed by atoms with van der Waals surface area (Å²) in [5.41, 5.74) is 2.16. The summed E-state index contributed by atoms with van der Waals surface area (Å²) in [6.45, 7) is 2.17. The average Bonchev–Trinajstić information content (AvgIpc) is 3.30. The zero-order valence-corrected chi connectivity index (χ0v) is 18.7. The van der Waals surface area contributed by atoms with E-state index in [9.17, 15) is 22.0 Å². The molecule has 2 unspecified atom stereocenters. The third kappa shape index (κ3) is 5.41. The summed E-state index contributed by atoms with van der Waals surface area (Å²) in [6, 6.07) is 14.0. The fourth-order valence-electron chi connectivity index (χ4n) is 4.14. The molecule has 4 rings (SSSR count). The third-order valence-corrected chi connectivity index (χ3v) is 6.03. The number of unbranched alkanes of at least 4 members (excludes halogenated alkanes) is 1. The van der Waals surface area contributed by atoms with E-state index in [0.717, 1.165) is 48.8 Å². The Kier molecular flexibility index (Phi) is 7.22. The van der Waals surface area contributed by atoms with Crippen molar-refractivity contribution in [3.05, 3.63) is 89.2 Å². The van der Waals surface area contributed by atoms with E-state index in [1.807, 2.05) is 24.3 Å². The maximum atomic E-state index is 14.5. The normalized spacial score (nSPS) is 18.3. The summed E-state index contributed by atoms with van der Waals surface area (Å²) in [6.07, 6.45) is 1.96. The molecule has 2 atom stereocenters. The van der Waals surface area contributed by atoms with Crippen LogP contribution >= 0.6 is 0 Å². The highest BCUT2D eigenvalue weighted by Gasteiger charge is 2.35. The lowest BCUT2D eigenvalue weighted by molar-refractivity contribution is -0.185. The lowest BCUT2D eigenvalue weighted by Gasteiger charge is -2.19. The molecular formula is C27H25F5O2. The van der Waals surface area contributed by atoms with E-state index < -0.39 is 34.9 Å². The Balaban J connectivity index is 1.43. The van der Waals surface area contributed by atoms with Crippen LogP contribution in [0.5, 0.6) is 5.75 Å².